The second kappa shape index (κ2) is 7.74. The monoisotopic (exact) mass is 350 g/mol. The number of anilines is 4. The molecule has 0 fully saturated rings. The van der Waals surface area contributed by atoms with Gasteiger partial charge in [-0.2, -0.15) is 0 Å². The normalized spacial score (nSPS) is 10.3. The van der Waals surface area contributed by atoms with E-state index in [4.69, 9.17) is 9.47 Å². The zero-order valence-corrected chi connectivity index (χ0v) is 15.3. The van der Waals surface area contributed by atoms with Crippen molar-refractivity contribution in [3.05, 3.63) is 59.9 Å². The van der Waals surface area contributed by atoms with Gasteiger partial charge in [-0.25, -0.2) is 9.97 Å². The highest BCUT2D eigenvalue weighted by Crippen LogP contribution is 2.31. The van der Waals surface area contributed by atoms with Crippen LogP contribution in [0.25, 0.3) is 0 Å². The number of hydrogen-bond acceptors (Lipinski definition) is 6. The molecule has 0 bridgehead atoms. The molecule has 1 heterocycles. The van der Waals surface area contributed by atoms with Gasteiger partial charge in [0.05, 0.1) is 14.2 Å². The molecule has 2 N–H and O–H groups in total. The zero-order valence-electron chi connectivity index (χ0n) is 15.3. The Balaban J connectivity index is 1.80. The van der Waals surface area contributed by atoms with E-state index >= 15 is 0 Å². The van der Waals surface area contributed by atoms with E-state index in [0.29, 0.717) is 17.3 Å². The predicted octanol–water partition coefficient (Wildman–Crippen LogP) is 4.60. The first-order valence-electron chi connectivity index (χ1n) is 8.25. The van der Waals surface area contributed by atoms with Gasteiger partial charge < -0.3 is 20.1 Å². The minimum atomic E-state index is 0.653. The molecule has 134 valence electrons. The summed E-state index contributed by atoms with van der Waals surface area (Å²) in [5.41, 5.74) is 4.30. The fourth-order valence-electron chi connectivity index (χ4n) is 2.58. The Labute approximate surface area is 153 Å². The van der Waals surface area contributed by atoms with Gasteiger partial charge >= 0.3 is 0 Å². The number of nitrogens with one attached hydrogen (secondary N) is 2. The Morgan fingerprint density at radius 2 is 1.54 bits per heavy atom. The molecule has 0 aliphatic heterocycles. The van der Waals surface area contributed by atoms with Crippen LogP contribution in [0.2, 0.25) is 0 Å². The molecule has 0 atom stereocenters. The third kappa shape index (κ3) is 3.85. The molecular formula is C20H22N4O2. The molecule has 0 saturated carbocycles. The van der Waals surface area contributed by atoms with E-state index in [1.807, 2.05) is 36.4 Å². The van der Waals surface area contributed by atoms with E-state index in [9.17, 15) is 0 Å². The molecule has 3 rings (SSSR count). The summed E-state index contributed by atoms with van der Waals surface area (Å²) >= 11 is 0. The number of methoxy groups -OCH3 is 2. The van der Waals surface area contributed by atoms with Crippen molar-refractivity contribution in [1.82, 2.24) is 9.97 Å². The Morgan fingerprint density at radius 1 is 0.808 bits per heavy atom. The molecule has 0 aliphatic rings. The lowest BCUT2D eigenvalue weighted by molar-refractivity contribution is 0.355. The second-order valence-electron chi connectivity index (χ2n) is 5.86. The number of benzene rings is 2. The number of aryl methyl sites for hydroxylation is 1. The standard InChI is InChI=1S/C20H22N4O2/c1-13-6-5-7-16(14(13)2)24-20-11-19(21-12-22-20)23-15-8-9-17(25-3)18(10-15)26-4/h5-12H,1-4H3,(H2,21,22,23,24). The van der Waals surface area contributed by atoms with Gasteiger partial charge in [0.2, 0.25) is 0 Å². The van der Waals surface area contributed by atoms with Gasteiger partial charge in [-0.15, -0.1) is 0 Å². The SMILES string of the molecule is COc1ccc(Nc2cc(Nc3cccc(C)c3C)ncn2)cc1OC. The fraction of sp³-hybridized carbons (Fsp3) is 0.200. The number of rotatable bonds is 6. The van der Waals surface area contributed by atoms with Gasteiger partial charge in [0.15, 0.2) is 11.5 Å². The van der Waals surface area contributed by atoms with Crippen molar-refractivity contribution < 1.29 is 9.47 Å². The highest BCUT2D eigenvalue weighted by Gasteiger charge is 2.07. The Morgan fingerprint density at radius 3 is 2.27 bits per heavy atom. The third-order valence-electron chi connectivity index (χ3n) is 4.19. The van der Waals surface area contributed by atoms with Crippen LogP contribution in [0.3, 0.4) is 0 Å². The van der Waals surface area contributed by atoms with Gasteiger partial charge in [0, 0.05) is 23.5 Å². The van der Waals surface area contributed by atoms with Crippen LogP contribution in [0, 0.1) is 13.8 Å². The molecule has 0 radical (unpaired) electrons. The van der Waals surface area contributed by atoms with Gasteiger partial charge in [0.25, 0.3) is 0 Å². The first kappa shape index (κ1) is 17.5. The highest BCUT2D eigenvalue weighted by atomic mass is 16.5. The topological polar surface area (TPSA) is 68.3 Å². The van der Waals surface area contributed by atoms with E-state index < -0.39 is 0 Å². The molecule has 0 saturated heterocycles. The lowest BCUT2D eigenvalue weighted by Gasteiger charge is -2.13. The average Bonchev–Trinajstić information content (AvgIpc) is 2.65. The molecule has 1 aromatic heterocycles. The first-order valence-corrected chi connectivity index (χ1v) is 8.25. The van der Waals surface area contributed by atoms with Crippen LogP contribution in [0.15, 0.2) is 48.8 Å². The van der Waals surface area contributed by atoms with E-state index in [-0.39, 0.29) is 0 Å². The fourth-order valence-corrected chi connectivity index (χ4v) is 2.58. The van der Waals surface area contributed by atoms with Crippen molar-refractivity contribution >= 4 is 23.0 Å². The molecule has 2 aromatic carbocycles. The lowest BCUT2D eigenvalue weighted by Crippen LogP contribution is -2.00. The summed E-state index contributed by atoms with van der Waals surface area (Å²) in [4.78, 5) is 8.58. The number of nitrogens with zero attached hydrogens (tertiary/aromatic N) is 2. The minimum absolute atomic E-state index is 0.653. The molecule has 0 amide bonds. The molecule has 0 unspecified atom stereocenters. The maximum Gasteiger partial charge on any atom is 0.162 e. The van der Waals surface area contributed by atoms with Crippen molar-refractivity contribution in [2.45, 2.75) is 13.8 Å². The van der Waals surface area contributed by atoms with Crippen LogP contribution in [0.4, 0.5) is 23.0 Å². The maximum atomic E-state index is 5.33. The van der Waals surface area contributed by atoms with Crippen molar-refractivity contribution in [2.75, 3.05) is 24.9 Å². The van der Waals surface area contributed by atoms with Gasteiger partial charge in [-0.1, -0.05) is 12.1 Å². The highest BCUT2D eigenvalue weighted by molar-refractivity contribution is 5.66. The third-order valence-corrected chi connectivity index (χ3v) is 4.19. The Kier molecular flexibility index (Phi) is 5.22. The summed E-state index contributed by atoms with van der Waals surface area (Å²) in [7, 11) is 3.22. The van der Waals surface area contributed by atoms with E-state index in [1.54, 1.807) is 14.2 Å². The number of hydrogen-bond donors (Lipinski definition) is 2. The van der Waals surface area contributed by atoms with Crippen LogP contribution >= 0.6 is 0 Å². The van der Waals surface area contributed by atoms with Gasteiger partial charge in [-0.3, -0.25) is 0 Å². The van der Waals surface area contributed by atoms with Gasteiger partial charge in [0.1, 0.15) is 18.0 Å². The largest absolute Gasteiger partial charge is 0.493 e. The molecule has 26 heavy (non-hydrogen) atoms. The smallest absolute Gasteiger partial charge is 0.162 e. The summed E-state index contributed by atoms with van der Waals surface area (Å²) < 4.78 is 10.6. The second-order valence-corrected chi connectivity index (χ2v) is 5.86. The Bertz CT molecular complexity index is 912. The maximum absolute atomic E-state index is 5.33. The average molecular weight is 350 g/mol. The molecule has 6 heteroatoms. The molecule has 3 aromatic rings. The number of aromatic nitrogens is 2. The van der Waals surface area contributed by atoms with Crippen LogP contribution in [0.5, 0.6) is 11.5 Å². The quantitative estimate of drug-likeness (QED) is 0.677. The molecule has 6 nitrogen and oxygen atoms in total. The van der Waals surface area contributed by atoms with Crippen LogP contribution < -0.4 is 20.1 Å². The summed E-state index contributed by atoms with van der Waals surface area (Å²) in [5, 5.41) is 6.60. The zero-order chi connectivity index (χ0) is 18.5. The number of ether oxygens (including phenoxy) is 2. The Hall–Kier alpha value is -3.28. The van der Waals surface area contributed by atoms with Crippen LogP contribution in [0.1, 0.15) is 11.1 Å². The molecular weight excluding hydrogens is 328 g/mol. The summed E-state index contributed by atoms with van der Waals surface area (Å²) in [6.07, 6.45) is 1.52. The first-order chi connectivity index (χ1) is 12.6. The van der Waals surface area contributed by atoms with E-state index in [0.717, 1.165) is 17.2 Å². The minimum Gasteiger partial charge on any atom is -0.493 e. The molecule has 0 aliphatic carbocycles. The van der Waals surface area contributed by atoms with Crippen molar-refractivity contribution in [3.8, 4) is 11.5 Å². The van der Waals surface area contributed by atoms with E-state index in [2.05, 4.69) is 40.5 Å². The van der Waals surface area contributed by atoms with Crippen molar-refractivity contribution in [1.29, 1.82) is 0 Å². The summed E-state index contributed by atoms with van der Waals surface area (Å²) in [6, 6.07) is 13.6. The summed E-state index contributed by atoms with van der Waals surface area (Å²) in [6.45, 7) is 4.17. The lowest BCUT2D eigenvalue weighted by atomic mass is 10.1. The van der Waals surface area contributed by atoms with Gasteiger partial charge in [-0.05, 0) is 43.2 Å². The summed E-state index contributed by atoms with van der Waals surface area (Å²) in [5.74, 6) is 2.73. The predicted molar refractivity (Wildman–Crippen MR) is 104 cm³/mol. The van der Waals surface area contributed by atoms with Crippen LogP contribution in [-0.2, 0) is 0 Å². The van der Waals surface area contributed by atoms with Crippen LogP contribution in [-0.4, -0.2) is 24.2 Å². The van der Waals surface area contributed by atoms with Crippen molar-refractivity contribution in [3.63, 3.8) is 0 Å². The van der Waals surface area contributed by atoms with Crippen molar-refractivity contribution in [2.24, 2.45) is 0 Å². The molecule has 0 spiro atoms. The van der Waals surface area contributed by atoms with E-state index in [1.165, 1.54) is 17.5 Å².